The average molecular weight is 354 g/mol. The lowest BCUT2D eigenvalue weighted by atomic mass is 10.2. The van der Waals surface area contributed by atoms with Crippen molar-refractivity contribution in [2.24, 2.45) is 7.05 Å². The van der Waals surface area contributed by atoms with Crippen molar-refractivity contribution in [2.45, 2.75) is 13.5 Å². The molecule has 110 valence electrons. The summed E-state index contributed by atoms with van der Waals surface area (Å²) in [6.45, 7) is 2.64. The molecule has 0 aliphatic rings. The van der Waals surface area contributed by atoms with E-state index in [-0.39, 0.29) is 11.4 Å². The molecule has 0 fully saturated rings. The van der Waals surface area contributed by atoms with Crippen LogP contribution in [0.4, 0.5) is 5.69 Å². The SMILES string of the molecule is CCn1cc(Br)c(/C=C/C(=O)c2nn(C)cc2[N+](=O)[O-])n1. The third-order valence-electron chi connectivity index (χ3n) is 2.70. The highest BCUT2D eigenvalue weighted by atomic mass is 79.9. The highest BCUT2D eigenvalue weighted by Gasteiger charge is 2.23. The molecule has 0 saturated heterocycles. The van der Waals surface area contributed by atoms with Gasteiger partial charge in [0.05, 0.1) is 15.1 Å². The van der Waals surface area contributed by atoms with Crippen LogP contribution in [0.1, 0.15) is 23.1 Å². The maximum Gasteiger partial charge on any atom is 0.318 e. The fraction of sp³-hybridized carbons (Fsp3) is 0.250. The first-order chi connectivity index (χ1) is 9.92. The molecule has 0 aliphatic heterocycles. The van der Waals surface area contributed by atoms with Gasteiger partial charge >= 0.3 is 5.69 Å². The summed E-state index contributed by atoms with van der Waals surface area (Å²) in [5, 5.41) is 18.9. The van der Waals surface area contributed by atoms with Crippen molar-refractivity contribution in [3.05, 3.63) is 44.4 Å². The Morgan fingerprint density at radius 2 is 2.19 bits per heavy atom. The number of carbonyl (C=O) groups is 1. The van der Waals surface area contributed by atoms with Gasteiger partial charge < -0.3 is 0 Å². The van der Waals surface area contributed by atoms with Gasteiger partial charge in [-0.05, 0) is 35.0 Å². The topological polar surface area (TPSA) is 95.8 Å². The summed E-state index contributed by atoms with van der Waals surface area (Å²) in [6.07, 6.45) is 5.70. The number of hydrogen-bond acceptors (Lipinski definition) is 5. The van der Waals surface area contributed by atoms with Crippen molar-refractivity contribution in [1.29, 1.82) is 0 Å². The summed E-state index contributed by atoms with van der Waals surface area (Å²) >= 11 is 3.33. The second kappa shape index (κ2) is 6.00. The third-order valence-corrected chi connectivity index (χ3v) is 3.31. The van der Waals surface area contributed by atoms with Gasteiger partial charge in [-0.2, -0.15) is 10.2 Å². The number of aryl methyl sites for hydroxylation is 2. The minimum atomic E-state index is -0.629. The van der Waals surface area contributed by atoms with Crippen molar-refractivity contribution >= 4 is 33.5 Å². The molecule has 2 heterocycles. The van der Waals surface area contributed by atoms with E-state index >= 15 is 0 Å². The molecule has 0 atom stereocenters. The molecule has 2 aromatic rings. The van der Waals surface area contributed by atoms with E-state index < -0.39 is 10.7 Å². The van der Waals surface area contributed by atoms with E-state index in [4.69, 9.17) is 0 Å². The molecule has 0 amide bonds. The molecule has 0 aromatic carbocycles. The second-order valence-corrected chi connectivity index (χ2v) is 5.06. The zero-order valence-electron chi connectivity index (χ0n) is 11.4. The van der Waals surface area contributed by atoms with E-state index in [0.717, 1.165) is 4.47 Å². The Morgan fingerprint density at radius 3 is 2.76 bits per heavy atom. The maximum absolute atomic E-state index is 12.0. The minimum absolute atomic E-state index is 0.190. The predicted octanol–water partition coefficient (Wildman–Crippen LogP) is 2.20. The molecule has 2 aromatic heterocycles. The van der Waals surface area contributed by atoms with E-state index in [1.165, 1.54) is 30.1 Å². The van der Waals surface area contributed by atoms with Crippen LogP contribution in [-0.2, 0) is 13.6 Å². The summed E-state index contributed by atoms with van der Waals surface area (Å²) in [5.41, 5.74) is 0.0684. The number of rotatable bonds is 5. The number of hydrogen-bond donors (Lipinski definition) is 0. The summed E-state index contributed by atoms with van der Waals surface area (Å²) in [7, 11) is 1.52. The van der Waals surface area contributed by atoms with Crippen molar-refractivity contribution in [1.82, 2.24) is 19.6 Å². The molecule has 0 radical (unpaired) electrons. The van der Waals surface area contributed by atoms with E-state index in [1.54, 1.807) is 10.9 Å². The zero-order valence-corrected chi connectivity index (χ0v) is 12.9. The van der Waals surface area contributed by atoms with Crippen LogP contribution >= 0.6 is 15.9 Å². The van der Waals surface area contributed by atoms with Gasteiger partial charge in [0, 0.05) is 19.8 Å². The fourth-order valence-corrected chi connectivity index (χ4v) is 2.15. The first kappa shape index (κ1) is 15.1. The Morgan fingerprint density at radius 1 is 1.48 bits per heavy atom. The Labute approximate surface area is 128 Å². The van der Waals surface area contributed by atoms with Crippen LogP contribution in [0.2, 0.25) is 0 Å². The predicted molar refractivity (Wildman–Crippen MR) is 78.8 cm³/mol. The summed E-state index contributed by atoms with van der Waals surface area (Å²) in [4.78, 5) is 22.3. The van der Waals surface area contributed by atoms with Gasteiger partial charge in [-0.1, -0.05) is 0 Å². The van der Waals surface area contributed by atoms with Crippen LogP contribution in [0, 0.1) is 10.1 Å². The van der Waals surface area contributed by atoms with E-state index in [9.17, 15) is 14.9 Å². The third kappa shape index (κ3) is 3.24. The Kier molecular flexibility index (Phi) is 4.32. The highest BCUT2D eigenvalue weighted by molar-refractivity contribution is 9.10. The lowest BCUT2D eigenvalue weighted by Gasteiger charge is -1.91. The van der Waals surface area contributed by atoms with Crippen LogP contribution in [0.3, 0.4) is 0 Å². The Bertz CT molecular complexity index is 731. The van der Waals surface area contributed by atoms with Gasteiger partial charge in [0.15, 0.2) is 0 Å². The van der Waals surface area contributed by atoms with E-state index in [2.05, 4.69) is 26.1 Å². The van der Waals surface area contributed by atoms with E-state index in [1.807, 2.05) is 6.92 Å². The van der Waals surface area contributed by atoms with Crippen LogP contribution in [-0.4, -0.2) is 30.3 Å². The lowest BCUT2D eigenvalue weighted by molar-refractivity contribution is -0.385. The molecule has 0 spiro atoms. The normalized spacial score (nSPS) is 11.2. The van der Waals surface area contributed by atoms with Crippen LogP contribution in [0.5, 0.6) is 0 Å². The molecular formula is C12H12BrN5O3. The molecule has 21 heavy (non-hydrogen) atoms. The summed E-state index contributed by atoms with van der Waals surface area (Å²) in [6, 6.07) is 0. The number of nitrogens with zero attached hydrogens (tertiary/aromatic N) is 5. The Hall–Kier alpha value is -2.29. The number of aromatic nitrogens is 4. The van der Waals surface area contributed by atoms with Gasteiger partial charge in [-0.3, -0.25) is 24.3 Å². The van der Waals surface area contributed by atoms with Gasteiger partial charge in [-0.25, -0.2) is 0 Å². The lowest BCUT2D eigenvalue weighted by Crippen LogP contribution is -2.01. The monoisotopic (exact) mass is 353 g/mol. The molecule has 8 nitrogen and oxygen atoms in total. The van der Waals surface area contributed by atoms with Crippen molar-refractivity contribution < 1.29 is 9.72 Å². The van der Waals surface area contributed by atoms with Gasteiger partial charge in [0.1, 0.15) is 6.20 Å². The number of ketones is 1. The second-order valence-electron chi connectivity index (χ2n) is 4.21. The summed E-state index contributed by atoms with van der Waals surface area (Å²) < 4.78 is 3.68. The van der Waals surface area contributed by atoms with Crippen molar-refractivity contribution in [3.8, 4) is 0 Å². The summed E-state index contributed by atoms with van der Waals surface area (Å²) in [5.74, 6) is -0.541. The standard InChI is InChI=1S/C12H12BrN5O3/c1-3-17-6-8(13)9(14-17)4-5-11(19)12-10(18(20)21)7-16(2)15-12/h4-7H,3H2,1-2H3/b5-4+. The molecule has 0 aliphatic carbocycles. The Balaban J connectivity index is 2.27. The minimum Gasteiger partial charge on any atom is -0.287 e. The molecule has 0 bridgehead atoms. The average Bonchev–Trinajstić information content (AvgIpc) is 2.99. The van der Waals surface area contributed by atoms with Gasteiger partial charge in [0.25, 0.3) is 0 Å². The number of carbonyl (C=O) groups excluding carboxylic acids is 1. The van der Waals surface area contributed by atoms with Crippen molar-refractivity contribution in [2.75, 3.05) is 0 Å². The molecule has 0 unspecified atom stereocenters. The first-order valence-electron chi connectivity index (χ1n) is 6.05. The fourth-order valence-electron chi connectivity index (χ4n) is 1.71. The smallest absolute Gasteiger partial charge is 0.287 e. The quantitative estimate of drug-likeness (QED) is 0.355. The first-order valence-corrected chi connectivity index (χ1v) is 6.85. The van der Waals surface area contributed by atoms with Crippen LogP contribution < -0.4 is 0 Å². The van der Waals surface area contributed by atoms with Gasteiger partial charge in [-0.15, -0.1) is 0 Å². The molecule has 9 heteroatoms. The zero-order chi connectivity index (χ0) is 15.6. The molecular weight excluding hydrogens is 342 g/mol. The van der Waals surface area contributed by atoms with Crippen LogP contribution in [0.15, 0.2) is 22.9 Å². The number of allylic oxidation sites excluding steroid dienone is 1. The van der Waals surface area contributed by atoms with E-state index in [0.29, 0.717) is 12.2 Å². The molecule has 2 rings (SSSR count). The van der Waals surface area contributed by atoms with Gasteiger partial charge in [0.2, 0.25) is 11.5 Å². The number of halogens is 1. The molecule has 0 saturated carbocycles. The van der Waals surface area contributed by atoms with Crippen molar-refractivity contribution in [3.63, 3.8) is 0 Å². The van der Waals surface area contributed by atoms with Crippen LogP contribution in [0.25, 0.3) is 6.08 Å². The number of nitro groups is 1. The largest absolute Gasteiger partial charge is 0.318 e. The maximum atomic E-state index is 12.0. The highest BCUT2D eigenvalue weighted by Crippen LogP contribution is 2.19. The molecule has 0 N–H and O–H groups in total.